The monoisotopic (exact) mass is 250 g/mol. The van der Waals surface area contributed by atoms with E-state index in [1.165, 1.54) is 18.9 Å². The molecule has 1 aromatic rings. The summed E-state index contributed by atoms with van der Waals surface area (Å²) in [5.74, 6) is -0.753. The van der Waals surface area contributed by atoms with E-state index in [1.807, 2.05) is 13.0 Å². The third-order valence-corrected chi connectivity index (χ3v) is 3.11. The Balaban J connectivity index is 2.91. The van der Waals surface area contributed by atoms with Crippen LogP contribution in [-0.4, -0.2) is 18.9 Å². The first-order valence-electron chi connectivity index (χ1n) is 5.06. The highest BCUT2D eigenvalue weighted by Crippen LogP contribution is 2.24. The molecule has 0 spiro atoms. The lowest BCUT2D eigenvalue weighted by Gasteiger charge is -2.05. The fourth-order valence-electron chi connectivity index (χ4n) is 1.30. The Hall–Kier alpha value is -1.55. The molecule has 3 nitrogen and oxygen atoms in total. The van der Waals surface area contributed by atoms with Crippen LogP contribution in [-0.2, 0) is 9.53 Å². The van der Waals surface area contributed by atoms with Crippen LogP contribution in [0.5, 0.6) is 0 Å². The second-order valence-corrected chi connectivity index (χ2v) is 4.45. The van der Waals surface area contributed by atoms with E-state index in [0.29, 0.717) is 5.56 Å². The van der Waals surface area contributed by atoms with Crippen molar-refractivity contribution < 1.29 is 14.3 Å². The first-order valence-corrected chi connectivity index (χ1v) is 5.94. The van der Waals surface area contributed by atoms with Crippen LogP contribution < -0.4 is 0 Å². The van der Waals surface area contributed by atoms with Crippen molar-refractivity contribution in [3.8, 4) is 0 Å². The fraction of sp³-hybridized carbons (Fsp3) is 0.231. The molecule has 0 radical (unpaired) electrons. The second kappa shape index (κ2) is 6.25. The SMILES string of the molecule is C=CSc1cc(C(=O)CC(=O)OC)ccc1C. The normalized spacial score (nSPS) is 9.76. The number of methoxy groups -OCH3 is 1. The van der Waals surface area contributed by atoms with E-state index in [4.69, 9.17) is 0 Å². The maximum atomic E-state index is 11.7. The van der Waals surface area contributed by atoms with Gasteiger partial charge in [0.2, 0.25) is 0 Å². The Kier molecular flexibility index (Phi) is 4.97. The first kappa shape index (κ1) is 13.5. The van der Waals surface area contributed by atoms with Gasteiger partial charge in [-0.2, -0.15) is 0 Å². The van der Waals surface area contributed by atoms with Crippen LogP contribution in [0.15, 0.2) is 35.1 Å². The zero-order valence-electron chi connectivity index (χ0n) is 9.86. The first-order chi connectivity index (χ1) is 8.08. The minimum Gasteiger partial charge on any atom is -0.469 e. The molecule has 0 atom stereocenters. The summed E-state index contributed by atoms with van der Waals surface area (Å²) in [7, 11) is 1.27. The summed E-state index contributed by atoms with van der Waals surface area (Å²) in [4.78, 5) is 23.7. The van der Waals surface area contributed by atoms with Crippen LogP contribution in [0, 0.1) is 6.92 Å². The van der Waals surface area contributed by atoms with E-state index in [1.54, 1.807) is 17.5 Å². The van der Waals surface area contributed by atoms with Gasteiger partial charge in [0.25, 0.3) is 0 Å². The lowest BCUT2D eigenvalue weighted by molar-refractivity contribution is -0.139. The molecule has 0 aromatic heterocycles. The number of esters is 1. The highest BCUT2D eigenvalue weighted by molar-refractivity contribution is 8.02. The van der Waals surface area contributed by atoms with E-state index in [0.717, 1.165) is 10.5 Å². The maximum absolute atomic E-state index is 11.7. The molecule has 1 rings (SSSR count). The highest BCUT2D eigenvalue weighted by atomic mass is 32.2. The number of rotatable bonds is 5. The third kappa shape index (κ3) is 3.75. The standard InChI is InChI=1S/C13H14O3S/c1-4-17-12-7-10(6-5-9(12)2)11(14)8-13(15)16-3/h4-7H,1,8H2,2-3H3. The van der Waals surface area contributed by atoms with Crippen LogP contribution in [0.4, 0.5) is 0 Å². The molecule has 0 unspecified atom stereocenters. The van der Waals surface area contributed by atoms with Gasteiger partial charge in [0, 0.05) is 10.5 Å². The summed E-state index contributed by atoms with van der Waals surface area (Å²) in [6, 6.07) is 5.34. The molecule has 0 saturated heterocycles. The molecule has 0 aliphatic heterocycles. The average Bonchev–Trinajstić information content (AvgIpc) is 2.32. The molecule has 0 bridgehead atoms. The quantitative estimate of drug-likeness (QED) is 0.349. The lowest BCUT2D eigenvalue weighted by atomic mass is 10.1. The van der Waals surface area contributed by atoms with Crippen molar-refractivity contribution in [3.05, 3.63) is 41.3 Å². The van der Waals surface area contributed by atoms with Gasteiger partial charge in [-0.05, 0) is 24.0 Å². The predicted molar refractivity (Wildman–Crippen MR) is 68.2 cm³/mol. The van der Waals surface area contributed by atoms with Crippen LogP contribution in [0.2, 0.25) is 0 Å². The Morgan fingerprint density at radius 1 is 1.47 bits per heavy atom. The summed E-state index contributed by atoms with van der Waals surface area (Å²) in [5, 5.41) is 1.71. The van der Waals surface area contributed by atoms with Crippen LogP contribution >= 0.6 is 11.8 Å². The summed E-state index contributed by atoms with van der Waals surface area (Å²) in [6.07, 6.45) is -0.224. The minimum atomic E-state index is -0.520. The minimum absolute atomic E-state index is 0.224. The van der Waals surface area contributed by atoms with E-state index >= 15 is 0 Å². The molecular formula is C13H14O3S. The number of aryl methyl sites for hydroxylation is 1. The topological polar surface area (TPSA) is 43.4 Å². The summed E-state index contributed by atoms with van der Waals surface area (Å²) in [5.41, 5.74) is 1.59. The Bertz CT molecular complexity index is 452. The summed E-state index contributed by atoms with van der Waals surface area (Å²) < 4.78 is 4.46. The number of carbonyl (C=O) groups is 2. The van der Waals surface area contributed by atoms with Crippen molar-refractivity contribution in [1.29, 1.82) is 0 Å². The van der Waals surface area contributed by atoms with Gasteiger partial charge in [0.1, 0.15) is 6.42 Å². The molecule has 0 fully saturated rings. The zero-order valence-corrected chi connectivity index (χ0v) is 10.7. The van der Waals surface area contributed by atoms with Crippen molar-refractivity contribution in [1.82, 2.24) is 0 Å². The van der Waals surface area contributed by atoms with Crippen molar-refractivity contribution in [2.24, 2.45) is 0 Å². The van der Waals surface area contributed by atoms with Gasteiger partial charge >= 0.3 is 5.97 Å². The van der Waals surface area contributed by atoms with Crippen molar-refractivity contribution in [2.45, 2.75) is 18.2 Å². The number of carbonyl (C=O) groups excluding carboxylic acids is 2. The summed E-state index contributed by atoms with van der Waals surface area (Å²) in [6.45, 7) is 5.60. The maximum Gasteiger partial charge on any atom is 0.313 e. The van der Waals surface area contributed by atoms with Gasteiger partial charge < -0.3 is 4.74 Å². The number of ether oxygens (including phenoxy) is 1. The largest absolute Gasteiger partial charge is 0.469 e. The molecule has 0 saturated carbocycles. The molecule has 17 heavy (non-hydrogen) atoms. The van der Waals surface area contributed by atoms with Crippen molar-refractivity contribution in [3.63, 3.8) is 0 Å². The Morgan fingerprint density at radius 3 is 2.76 bits per heavy atom. The Morgan fingerprint density at radius 2 is 2.18 bits per heavy atom. The van der Waals surface area contributed by atoms with Gasteiger partial charge in [-0.15, -0.1) is 0 Å². The van der Waals surface area contributed by atoms with Gasteiger partial charge in [-0.3, -0.25) is 9.59 Å². The average molecular weight is 250 g/mol. The molecule has 0 amide bonds. The van der Waals surface area contributed by atoms with E-state index in [-0.39, 0.29) is 12.2 Å². The smallest absolute Gasteiger partial charge is 0.313 e. The molecule has 0 aliphatic carbocycles. The van der Waals surface area contributed by atoms with E-state index < -0.39 is 5.97 Å². The summed E-state index contributed by atoms with van der Waals surface area (Å²) >= 11 is 1.45. The number of benzene rings is 1. The van der Waals surface area contributed by atoms with Gasteiger partial charge in [-0.25, -0.2) is 0 Å². The number of ketones is 1. The molecule has 0 heterocycles. The van der Waals surface area contributed by atoms with E-state index in [9.17, 15) is 9.59 Å². The number of Topliss-reactive ketones (excluding diaryl/α,β-unsaturated/α-hetero) is 1. The number of hydrogen-bond donors (Lipinski definition) is 0. The number of hydrogen-bond acceptors (Lipinski definition) is 4. The predicted octanol–water partition coefficient (Wildman–Crippen LogP) is 2.98. The molecule has 0 N–H and O–H groups in total. The van der Waals surface area contributed by atoms with Crippen molar-refractivity contribution in [2.75, 3.05) is 7.11 Å². The molecule has 4 heteroatoms. The fourth-order valence-corrected chi connectivity index (χ4v) is 1.92. The van der Waals surface area contributed by atoms with Gasteiger partial charge in [0.15, 0.2) is 5.78 Å². The van der Waals surface area contributed by atoms with Crippen molar-refractivity contribution >= 4 is 23.5 Å². The second-order valence-electron chi connectivity index (χ2n) is 3.44. The molecular weight excluding hydrogens is 236 g/mol. The molecule has 0 aliphatic rings. The molecule has 90 valence electrons. The zero-order chi connectivity index (χ0) is 12.8. The van der Waals surface area contributed by atoms with Gasteiger partial charge in [0.05, 0.1) is 7.11 Å². The highest BCUT2D eigenvalue weighted by Gasteiger charge is 2.13. The van der Waals surface area contributed by atoms with E-state index in [2.05, 4.69) is 11.3 Å². The van der Waals surface area contributed by atoms with Crippen LogP contribution in [0.1, 0.15) is 22.3 Å². The lowest BCUT2D eigenvalue weighted by Crippen LogP contribution is -2.09. The molecule has 1 aromatic carbocycles. The van der Waals surface area contributed by atoms with Crippen LogP contribution in [0.25, 0.3) is 0 Å². The Labute approximate surface area is 105 Å². The van der Waals surface area contributed by atoms with Gasteiger partial charge in [-0.1, -0.05) is 30.5 Å². The third-order valence-electron chi connectivity index (χ3n) is 2.25. The number of thioether (sulfide) groups is 1. The van der Waals surface area contributed by atoms with Crippen LogP contribution in [0.3, 0.4) is 0 Å².